The van der Waals surface area contributed by atoms with Gasteiger partial charge in [0.15, 0.2) is 0 Å². The molecule has 22 heavy (non-hydrogen) atoms. The van der Waals surface area contributed by atoms with Gasteiger partial charge in [-0.1, -0.05) is 23.3 Å². The largest absolute Gasteiger partial charge is 0.361 e. The molecular formula is C15H18N4O2S. The summed E-state index contributed by atoms with van der Waals surface area (Å²) in [7, 11) is 0. The van der Waals surface area contributed by atoms with E-state index >= 15 is 0 Å². The van der Waals surface area contributed by atoms with Crippen LogP contribution in [-0.4, -0.2) is 15.3 Å². The summed E-state index contributed by atoms with van der Waals surface area (Å²) in [6.07, 6.45) is 0.925. The molecule has 0 saturated carbocycles. The lowest BCUT2D eigenvalue weighted by molar-refractivity contribution is 0.354. The first-order valence-corrected chi connectivity index (χ1v) is 8.09. The summed E-state index contributed by atoms with van der Waals surface area (Å²) in [5, 5.41) is 13.5. The van der Waals surface area contributed by atoms with Gasteiger partial charge in [0.05, 0.1) is 17.1 Å². The fourth-order valence-corrected chi connectivity index (χ4v) is 3.13. The van der Waals surface area contributed by atoms with Gasteiger partial charge >= 0.3 is 0 Å². The Morgan fingerprint density at radius 1 is 1.27 bits per heavy atom. The van der Waals surface area contributed by atoms with Gasteiger partial charge < -0.3 is 14.4 Å². The van der Waals surface area contributed by atoms with Crippen molar-refractivity contribution in [1.29, 1.82) is 0 Å². The minimum Gasteiger partial charge on any atom is -0.361 e. The fourth-order valence-electron chi connectivity index (χ4n) is 2.48. The van der Waals surface area contributed by atoms with Gasteiger partial charge in [0, 0.05) is 11.6 Å². The van der Waals surface area contributed by atoms with Crippen molar-refractivity contribution >= 4 is 11.3 Å². The van der Waals surface area contributed by atoms with Crippen LogP contribution in [0.5, 0.6) is 0 Å². The van der Waals surface area contributed by atoms with Gasteiger partial charge in [-0.3, -0.25) is 0 Å². The van der Waals surface area contributed by atoms with Crippen LogP contribution in [0.15, 0.2) is 26.6 Å². The van der Waals surface area contributed by atoms with Gasteiger partial charge in [0.2, 0.25) is 11.7 Å². The maximum absolute atomic E-state index is 5.31. The summed E-state index contributed by atoms with van der Waals surface area (Å²) in [6, 6.07) is 4.10. The van der Waals surface area contributed by atoms with E-state index in [0.29, 0.717) is 18.3 Å². The topological polar surface area (TPSA) is 77.0 Å². The maximum Gasteiger partial charge on any atom is 0.240 e. The van der Waals surface area contributed by atoms with E-state index in [1.54, 1.807) is 11.3 Å². The summed E-state index contributed by atoms with van der Waals surface area (Å²) in [4.78, 5) is 5.42. The van der Waals surface area contributed by atoms with E-state index in [9.17, 15) is 0 Å². The van der Waals surface area contributed by atoms with Crippen molar-refractivity contribution < 1.29 is 9.05 Å². The zero-order chi connectivity index (χ0) is 15.5. The smallest absolute Gasteiger partial charge is 0.240 e. The number of thiophene rings is 1. The van der Waals surface area contributed by atoms with Crippen LogP contribution in [0.25, 0.3) is 10.7 Å². The standard InChI is InChI=1S/C15H18N4O2S/c1-4-11(14-9(2)18-20-10(14)3)16-8-13-17-15(19-21-13)12-6-5-7-22-12/h5-7,11,16H,4,8H2,1-3H3/t11-/m0/s1. The van der Waals surface area contributed by atoms with Gasteiger partial charge in [0.1, 0.15) is 5.76 Å². The molecule has 0 spiro atoms. The minimum absolute atomic E-state index is 0.156. The van der Waals surface area contributed by atoms with Crippen LogP contribution in [0.1, 0.15) is 42.3 Å². The third-order valence-corrected chi connectivity index (χ3v) is 4.42. The van der Waals surface area contributed by atoms with Crippen molar-refractivity contribution in [3.63, 3.8) is 0 Å². The van der Waals surface area contributed by atoms with E-state index in [1.165, 1.54) is 0 Å². The lowest BCUT2D eigenvalue weighted by Gasteiger charge is -2.15. The van der Waals surface area contributed by atoms with Gasteiger partial charge in [-0.15, -0.1) is 11.3 Å². The van der Waals surface area contributed by atoms with Gasteiger partial charge in [-0.25, -0.2) is 0 Å². The molecule has 1 N–H and O–H groups in total. The highest BCUT2D eigenvalue weighted by molar-refractivity contribution is 7.13. The Morgan fingerprint density at radius 3 is 2.77 bits per heavy atom. The zero-order valence-electron chi connectivity index (χ0n) is 12.8. The van der Waals surface area contributed by atoms with Crippen molar-refractivity contribution in [2.24, 2.45) is 0 Å². The normalized spacial score (nSPS) is 12.7. The van der Waals surface area contributed by atoms with Crippen LogP contribution in [0.3, 0.4) is 0 Å². The summed E-state index contributed by atoms with van der Waals surface area (Å²) >= 11 is 1.59. The monoisotopic (exact) mass is 318 g/mol. The summed E-state index contributed by atoms with van der Waals surface area (Å²) in [5.41, 5.74) is 2.03. The van der Waals surface area contributed by atoms with E-state index in [2.05, 4.69) is 27.5 Å². The molecule has 116 valence electrons. The average molecular weight is 318 g/mol. The predicted molar refractivity (Wildman–Crippen MR) is 83.5 cm³/mol. The van der Waals surface area contributed by atoms with Crippen molar-refractivity contribution in [1.82, 2.24) is 20.6 Å². The summed E-state index contributed by atoms with van der Waals surface area (Å²) in [5.74, 6) is 2.06. The Hall–Kier alpha value is -1.99. The van der Waals surface area contributed by atoms with E-state index in [1.807, 2.05) is 31.4 Å². The highest BCUT2D eigenvalue weighted by Gasteiger charge is 2.19. The van der Waals surface area contributed by atoms with Crippen molar-refractivity contribution in [3.8, 4) is 10.7 Å². The Labute approximate surface area is 132 Å². The fraction of sp³-hybridized carbons (Fsp3) is 0.400. The molecule has 3 aromatic rings. The third kappa shape index (κ3) is 2.95. The molecule has 0 radical (unpaired) electrons. The first kappa shape index (κ1) is 14.9. The van der Waals surface area contributed by atoms with Gasteiger partial charge in [-0.2, -0.15) is 4.98 Å². The van der Waals surface area contributed by atoms with Crippen LogP contribution < -0.4 is 5.32 Å². The number of nitrogens with one attached hydrogen (secondary N) is 1. The SMILES string of the molecule is CC[C@H](NCc1nc(-c2cccs2)no1)c1c(C)noc1C. The van der Waals surface area contributed by atoms with Crippen LogP contribution in [0.4, 0.5) is 0 Å². The molecule has 0 bridgehead atoms. The molecule has 0 aliphatic rings. The second kappa shape index (κ2) is 6.41. The predicted octanol–water partition coefficient (Wildman–Crippen LogP) is 3.64. The highest BCUT2D eigenvalue weighted by atomic mass is 32.1. The van der Waals surface area contributed by atoms with Crippen molar-refractivity contribution in [2.75, 3.05) is 0 Å². The average Bonchev–Trinajstić information content (AvgIpc) is 3.23. The molecule has 0 aromatic carbocycles. The molecule has 3 heterocycles. The Bertz CT molecular complexity index is 713. The molecule has 3 rings (SSSR count). The molecular weight excluding hydrogens is 300 g/mol. The number of rotatable bonds is 6. The lowest BCUT2D eigenvalue weighted by atomic mass is 10.0. The van der Waals surface area contributed by atoms with E-state index in [-0.39, 0.29) is 6.04 Å². The van der Waals surface area contributed by atoms with Crippen LogP contribution in [0.2, 0.25) is 0 Å². The molecule has 0 saturated heterocycles. The lowest BCUT2D eigenvalue weighted by Crippen LogP contribution is -2.21. The number of aromatic nitrogens is 3. The molecule has 0 aliphatic carbocycles. The summed E-state index contributed by atoms with van der Waals surface area (Å²) < 4.78 is 10.5. The molecule has 6 nitrogen and oxygen atoms in total. The second-order valence-corrected chi connectivity index (χ2v) is 6.02. The minimum atomic E-state index is 0.156. The molecule has 0 fully saturated rings. The Balaban J connectivity index is 1.69. The number of aryl methyl sites for hydroxylation is 2. The number of hydrogen-bond donors (Lipinski definition) is 1. The Kier molecular flexibility index (Phi) is 4.35. The first-order chi connectivity index (χ1) is 10.7. The van der Waals surface area contributed by atoms with Crippen molar-refractivity contribution in [3.05, 3.63) is 40.4 Å². The molecule has 0 unspecified atom stereocenters. The Morgan fingerprint density at radius 2 is 2.14 bits per heavy atom. The first-order valence-electron chi connectivity index (χ1n) is 7.21. The van der Waals surface area contributed by atoms with E-state index in [0.717, 1.165) is 28.3 Å². The third-order valence-electron chi connectivity index (χ3n) is 3.55. The van der Waals surface area contributed by atoms with Gasteiger partial charge in [0.25, 0.3) is 0 Å². The van der Waals surface area contributed by atoms with Gasteiger partial charge in [-0.05, 0) is 31.7 Å². The highest BCUT2D eigenvalue weighted by Crippen LogP contribution is 2.25. The van der Waals surface area contributed by atoms with Crippen LogP contribution in [-0.2, 0) is 6.54 Å². The maximum atomic E-state index is 5.31. The number of nitrogens with zero attached hydrogens (tertiary/aromatic N) is 3. The summed E-state index contributed by atoms with van der Waals surface area (Å²) in [6.45, 7) is 6.52. The molecule has 0 aliphatic heterocycles. The molecule has 1 atom stereocenters. The van der Waals surface area contributed by atoms with E-state index in [4.69, 9.17) is 9.05 Å². The molecule has 7 heteroatoms. The second-order valence-electron chi connectivity index (χ2n) is 5.07. The van der Waals surface area contributed by atoms with Crippen molar-refractivity contribution in [2.45, 2.75) is 39.8 Å². The van der Waals surface area contributed by atoms with Crippen LogP contribution >= 0.6 is 11.3 Å². The van der Waals surface area contributed by atoms with Crippen LogP contribution in [0, 0.1) is 13.8 Å². The number of hydrogen-bond acceptors (Lipinski definition) is 7. The molecule has 0 amide bonds. The quantitative estimate of drug-likeness (QED) is 0.747. The zero-order valence-corrected chi connectivity index (χ0v) is 13.6. The molecule has 3 aromatic heterocycles. The van der Waals surface area contributed by atoms with E-state index < -0.39 is 0 Å².